The van der Waals surface area contributed by atoms with Crippen LogP contribution in [-0.2, 0) is 6.54 Å². The van der Waals surface area contributed by atoms with Crippen molar-refractivity contribution in [1.29, 1.82) is 0 Å². The SMILES string of the molecule is CNCc1ccnc(OC2CCCC(C)C2)c1F. The first kappa shape index (κ1) is 13.3. The number of hydrogen-bond acceptors (Lipinski definition) is 3. The van der Waals surface area contributed by atoms with Gasteiger partial charge in [0.15, 0.2) is 5.82 Å². The van der Waals surface area contributed by atoms with Gasteiger partial charge in [0.25, 0.3) is 5.88 Å². The highest BCUT2D eigenvalue weighted by molar-refractivity contribution is 5.23. The van der Waals surface area contributed by atoms with Crippen molar-refractivity contribution in [3.8, 4) is 5.88 Å². The lowest BCUT2D eigenvalue weighted by Crippen LogP contribution is -2.25. The van der Waals surface area contributed by atoms with E-state index in [1.807, 2.05) is 0 Å². The number of nitrogens with zero attached hydrogens (tertiary/aromatic N) is 1. The van der Waals surface area contributed by atoms with Crippen molar-refractivity contribution < 1.29 is 9.13 Å². The molecule has 1 heterocycles. The monoisotopic (exact) mass is 252 g/mol. The molecule has 1 aromatic rings. The Morgan fingerprint density at radius 2 is 2.33 bits per heavy atom. The minimum absolute atomic E-state index is 0.112. The molecule has 4 heteroatoms. The van der Waals surface area contributed by atoms with Crippen molar-refractivity contribution in [2.45, 2.75) is 45.3 Å². The van der Waals surface area contributed by atoms with Gasteiger partial charge in [0.05, 0.1) is 0 Å². The summed E-state index contributed by atoms with van der Waals surface area (Å²) in [7, 11) is 1.79. The van der Waals surface area contributed by atoms with Gasteiger partial charge in [0.1, 0.15) is 6.10 Å². The molecular weight excluding hydrogens is 231 g/mol. The van der Waals surface area contributed by atoms with Crippen LogP contribution in [0, 0.1) is 11.7 Å². The zero-order chi connectivity index (χ0) is 13.0. The van der Waals surface area contributed by atoms with Crippen molar-refractivity contribution in [2.24, 2.45) is 5.92 Å². The number of halogens is 1. The van der Waals surface area contributed by atoms with E-state index in [4.69, 9.17) is 4.74 Å². The van der Waals surface area contributed by atoms with E-state index in [0.29, 0.717) is 18.0 Å². The van der Waals surface area contributed by atoms with Gasteiger partial charge in [-0.3, -0.25) is 0 Å². The highest BCUT2D eigenvalue weighted by Crippen LogP contribution is 2.28. The number of nitrogens with one attached hydrogen (secondary N) is 1. The molecule has 0 radical (unpaired) electrons. The summed E-state index contributed by atoms with van der Waals surface area (Å²) in [5, 5.41) is 2.94. The number of rotatable bonds is 4. The molecule has 1 fully saturated rings. The minimum atomic E-state index is -0.329. The van der Waals surface area contributed by atoms with Crippen LogP contribution in [0.15, 0.2) is 12.3 Å². The van der Waals surface area contributed by atoms with Gasteiger partial charge in [-0.2, -0.15) is 0 Å². The van der Waals surface area contributed by atoms with Gasteiger partial charge >= 0.3 is 0 Å². The molecule has 2 unspecified atom stereocenters. The molecule has 2 rings (SSSR count). The van der Waals surface area contributed by atoms with E-state index in [1.54, 1.807) is 19.3 Å². The Kier molecular flexibility index (Phi) is 4.53. The maximum absolute atomic E-state index is 14.1. The van der Waals surface area contributed by atoms with E-state index in [9.17, 15) is 4.39 Å². The lowest BCUT2D eigenvalue weighted by Gasteiger charge is -2.27. The van der Waals surface area contributed by atoms with E-state index >= 15 is 0 Å². The first-order valence-corrected chi connectivity index (χ1v) is 6.65. The maximum Gasteiger partial charge on any atom is 0.250 e. The molecule has 1 aliphatic carbocycles. The van der Waals surface area contributed by atoms with Crippen LogP contribution in [0.3, 0.4) is 0 Å². The molecule has 0 aromatic carbocycles. The molecule has 1 saturated carbocycles. The average Bonchev–Trinajstić information content (AvgIpc) is 2.35. The maximum atomic E-state index is 14.1. The summed E-state index contributed by atoms with van der Waals surface area (Å²) in [5.41, 5.74) is 0.603. The summed E-state index contributed by atoms with van der Waals surface area (Å²) in [5.74, 6) is 0.485. The van der Waals surface area contributed by atoms with E-state index in [-0.39, 0.29) is 17.8 Å². The van der Waals surface area contributed by atoms with Gasteiger partial charge in [0, 0.05) is 18.3 Å². The molecule has 0 saturated heterocycles. The zero-order valence-corrected chi connectivity index (χ0v) is 11.1. The second-order valence-electron chi connectivity index (χ2n) is 5.13. The second-order valence-corrected chi connectivity index (χ2v) is 5.13. The van der Waals surface area contributed by atoms with E-state index < -0.39 is 0 Å². The molecule has 1 aromatic heterocycles. The predicted octanol–water partition coefficient (Wildman–Crippen LogP) is 2.90. The van der Waals surface area contributed by atoms with E-state index in [2.05, 4.69) is 17.2 Å². The number of pyridine rings is 1. The Bertz CT molecular complexity index is 397. The van der Waals surface area contributed by atoms with Crippen molar-refractivity contribution in [2.75, 3.05) is 7.05 Å². The largest absolute Gasteiger partial charge is 0.472 e. The third kappa shape index (κ3) is 3.19. The molecular formula is C14H21FN2O. The lowest BCUT2D eigenvalue weighted by atomic mass is 9.89. The van der Waals surface area contributed by atoms with Crippen LogP contribution in [0.2, 0.25) is 0 Å². The molecule has 0 amide bonds. The van der Waals surface area contributed by atoms with Crippen molar-refractivity contribution in [1.82, 2.24) is 10.3 Å². The van der Waals surface area contributed by atoms with Gasteiger partial charge in [-0.15, -0.1) is 0 Å². The Hall–Kier alpha value is -1.16. The molecule has 0 bridgehead atoms. The minimum Gasteiger partial charge on any atom is -0.472 e. The molecule has 18 heavy (non-hydrogen) atoms. The van der Waals surface area contributed by atoms with Crippen molar-refractivity contribution in [3.05, 3.63) is 23.6 Å². The Morgan fingerprint density at radius 1 is 1.50 bits per heavy atom. The first-order chi connectivity index (χ1) is 8.70. The Morgan fingerprint density at radius 3 is 3.06 bits per heavy atom. The van der Waals surface area contributed by atoms with Crippen LogP contribution in [0.4, 0.5) is 4.39 Å². The van der Waals surface area contributed by atoms with E-state index in [1.165, 1.54) is 6.42 Å². The molecule has 1 aliphatic rings. The topological polar surface area (TPSA) is 34.2 Å². The summed E-state index contributed by atoms with van der Waals surface area (Å²) in [6.45, 7) is 2.71. The van der Waals surface area contributed by atoms with Crippen LogP contribution in [0.1, 0.15) is 38.2 Å². The molecule has 0 aliphatic heterocycles. The molecule has 100 valence electrons. The highest BCUT2D eigenvalue weighted by atomic mass is 19.1. The van der Waals surface area contributed by atoms with Crippen molar-refractivity contribution in [3.63, 3.8) is 0 Å². The quantitative estimate of drug-likeness (QED) is 0.894. The predicted molar refractivity (Wildman–Crippen MR) is 69.0 cm³/mol. The molecule has 2 atom stereocenters. The fraction of sp³-hybridized carbons (Fsp3) is 0.643. The summed E-state index contributed by atoms with van der Waals surface area (Å²) >= 11 is 0. The highest BCUT2D eigenvalue weighted by Gasteiger charge is 2.22. The smallest absolute Gasteiger partial charge is 0.250 e. The van der Waals surface area contributed by atoms with Crippen LogP contribution >= 0.6 is 0 Å². The molecule has 1 N–H and O–H groups in total. The number of aromatic nitrogens is 1. The normalized spacial score (nSPS) is 23.9. The lowest BCUT2D eigenvalue weighted by molar-refractivity contribution is 0.118. The van der Waals surface area contributed by atoms with Gasteiger partial charge < -0.3 is 10.1 Å². The molecule has 0 spiro atoms. The average molecular weight is 252 g/mol. The van der Waals surface area contributed by atoms with Gasteiger partial charge in [0.2, 0.25) is 0 Å². The summed E-state index contributed by atoms with van der Waals surface area (Å²) in [6.07, 6.45) is 6.12. The van der Waals surface area contributed by atoms with Gasteiger partial charge in [-0.05, 0) is 38.3 Å². The number of hydrogen-bond donors (Lipinski definition) is 1. The van der Waals surface area contributed by atoms with Crippen molar-refractivity contribution >= 4 is 0 Å². The fourth-order valence-corrected chi connectivity index (χ4v) is 2.51. The van der Waals surface area contributed by atoms with Gasteiger partial charge in [-0.25, -0.2) is 9.37 Å². The standard InChI is InChI=1S/C14H21FN2O/c1-10-4-3-5-12(8-10)18-14-13(15)11(9-16-2)6-7-17-14/h6-7,10,12,16H,3-5,8-9H2,1-2H3. The molecule has 3 nitrogen and oxygen atoms in total. The van der Waals surface area contributed by atoms with Crippen LogP contribution in [0.5, 0.6) is 5.88 Å². The zero-order valence-electron chi connectivity index (χ0n) is 11.1. The Labute approximate surface area is 108 Å². The second kappa shape index (κ2) is 6.14. The fourth-order valence-electron chi connectivity index (χ4n) is 2.51. The van der Waals surface area contributed by atoms with Crippen LogP contribution < -0.4 is 10.1 Å². The van der Waals surface area contributed by atoms with Crippen LogP contribution in [0.25, 0.3) is 0 Å². The third-order valence-electron chi connectivity index (χ3n) is 3.47. The third-order valence-corrected chi connectivity index (χ3v) is 3.47. The first-order valence-electron chi connectivity index (χ1n) is 6.65. The van der Waals surface area contributed by atoms with Gasteiger partial charge in [-0.1, -0.05) is 13.3 Å². The summed E-state index contributed by atoms with van der Waals surface area (Å²) in [6, 6.07) is 1.68. The van der Waals surface area contributed by atoms with Crippen LogP contribution in [-0.4, -0.2) is 18.1 Å². The summed E-state index contributed by atoms with van der Waals surface area (Å²) in [4.78, 5) is 4.02. The number of ether oxygens (including phenoxy) is 1. The van der Waals surface area contributed by atoms with E-state index in [0.717, 1.165) is 19.3 Å². The summed E-state index contributed by atoms with van der Waals surface area (Å²) < 4.78 is 19.8. The Balaban J connectivity index is 2.06.